The molecule has 0 saturated carbocycles. The fourth-order valence-electron chi connectivity index (χ4n) is 1.92. The Balaban J connectivity index is 2.48. The lowest BCUT2D eigenvalue weighted by Gasteiger charge is -2.18. The van der Waals surface area contributed by atoms with Crippen LogP contribution < -0.4 is 10.9 Å². The Hall–Kier alpha value is -1.52. The Morgan fingerprint density at radius 3 is 2.94 bits per heavy atom. The SMILES string of the molecule is C=CCC1=C(C(C)=O)CN(N)c2ccccc2S1. The van der Waals surface area contributed by atoms with Gasteiger partial charge in [-0.3, -0.25) is 4.79 Å². The third kappa shape index (κ3) is 2.49. The molecule has 1 aliphatic heterocycles. The van der Waals surface area contributed by atoms with Crippen LogP contribution in [0.2, 0.25) is 0 Å². The van der Waals surface area contributed by atoms with Crippen molar-refractivity contribution in [2.75, 3.05) is 11.6 Å². The van der Waals surface area contributed by atoms with Crippen LogP contribution in [0.5, 0.6) is 0 Å². The molecule has 0 aliphatic carbocycles. The molecule has 0 spiro atoms. The zero-order valence-corrected chi connectivity index (χ0v) is 11.2. The summed E-state index contributed by atoms with van der Waals surface area (Å²) in [5.41, 5.74) is 1.74. The van der Waals surface area contributed by atoms with Crippen molar-refractivity contribution >= 4 is 23.2 Å². The Morgan fingerprint density at radius 1 is 1.56 bits per heavy atom. The van der Waals surface area contributed by atoms with E-state index in [1.165, 1.54) is 0 Å². The second-order valence-corrected chi connectivity index (χ2v) is 5.29. The number of hydrogen-bond acceptors (Lipinski definition) is 4. The van der Waals surface area contributed by atoms with Gasteiger partial charge in [-0.05, 0) is 25.5 Å². The maximum Gasteiger partial charge on any atom is 0.158 e. The van der Waals surface area contributed by atoms with Crippen molar-refractivity contribution in [2.24, 2.45) is 5.84 Å². The highest BCUT2D eigenvalue weighted by Crippen LogP contribution is 2.40. The zero-order chi connectivity index (χ0) is 13.1. The molecule has 0 fully saturated rings. The minimum Gasteiger partial charge on any atom is -0.305 e. The Morgan fingerprint density at radius 2 is 2.28 bits per heavy atom. The van der Waals surface area contributed by atoms with E-state index >= 15 is 0 Å². The van der Waals surface area contributed by atoms with Gasteiger partial charge < -0.3 is 5.01 Å². The lowest BCUT2D eigenvalue weighted by Crippen LogP contribution is -2.34. The second kappa shape index (κ2) is 5.42. The summed E-state index contributed by atoms with van der Waals surface area (Å²) in [6, 6.07) is 7.91. The van der Waals surface area contributed by atoms with Gasteiger partial charge in [-0.25, -0.2) is 5.84 Å². The van der Waals surface area contributed by atoms with E-state index in [0.717, 1.165) is 21.1 Å². The molecule has 2 N–H and O–H groups in total. The van der Waals surface area contributed by atoms with Gasteiger partial charge in [-0.2, -0.15) is 0 Å². The van der Waals surface area contributed by atoms with Crippen molar-refractivity contribution in [3.63, 3.8) is 0 Å². The zero-order valence-electron chi connectivity index (χ0n) is 10.3. The highest BCUT2D eigenvalue weighted by molar-refractivity contribution is 8.03. The van der Waals surface area contributed by atoms with E-state index in [1.807, 2.05) is 30.3 Å². The third-order valence-electron chi connectivity index (χ3n) is 2.83. The van der Waals surface area contributed by atoms with Crippen molar-refractivity contribution in [1.82, 2.24) is 0 Å². The molecule has 1 aromatic carbocycles. The number of rotatable bonds is 3. The molecule has 0 aromatic heterocycles. The van der Waals surface area contributed by atoms with E-state index in [2.05, 4.69) is 6.58 Å². The summed E-state index contributed by atoms with van der Waals surface area (Å²) < 4.78 is 0. The van der Waals surface area contributed by atoms with Crippen LogP contribution in [0.25, 0.3) is 0 Å². The summed E-state index contributed by atoms with van der Waals surface area (Å²) in [5, 5.41) is 1.63. The van der Waals surface area contributed by atoms with E-state index in [9.17, 15) is 4.79 Å². The van der Waals surface area contributed by atoms with Gasteiger partial charge in [-0.15, -0.1) is 6.58 Å². The van der Waals surface area contributed by atoms with Crippen molar-refractivity contribution in [2.45, 2.75) is 18.2 Å². The van der Waals surface area contributed by atoms with Crippen LogP contribution in [0.1, 0.15) is 13.3 Å². The van der Waals surface area contributed by atoms with Crippen LogP contribution in [0.15, 0.2) is 52.3 Å². The van der Waals surface area contributed by atoms with Gasteiger partial charge in [0.15, 0.2) is 5.78 Å². The molecule has 0 saturated heterocycles. The van der Waals surface area contributed by atoms with Gasteiger partial charge in [0.1, 0.15) is 0 Å². The number of allylic oxidation sites excluding steroid dienone is 2. The predicted molar refractivity (Wildman–Crippen MR) is 76.4 cm³/mol. The smallest absolute Gasteiger partial charge is 0.158 e. The average Bonchev–Trinajstić information content (AvgIpc) is 2.48. The molecular weight excluding hydrogens is 244 g/mol. The van der Waals surface area contributed by atoms with Crippen LogP contribution in [0, 0.1) is 0 Å². The topological polar surface area (TPSA) is 46.3 Å². The number of nitrogens with two attached hydrogens (primary N) is 1. The summed E-state index contributed by atoms with van der Waals surface area (Å²) >= 11 is 1.61. The third-order valence-corrected chi connectivity index (χ3v) is 4.05. The van der Waals surface area contributed by atoms with Crippen LogP contribution in [-0.2, 0) is 4.79 Å². The van der Waals surface area contributed by atoms with Gasteiger partial charge in [0.2, 0.25) is 0 Å². The first kappa shape index (κ1) is 12.9. The first-order chi connectivity index (χ1) is 8.63. The summed E-state index contributed by atoms with van der Waals surface area (Å²) in [5.74, 6) is 6.11. The van der Waals surface area contributed by atoms with E-state index in [1.54, 1.807) is 23.7 Å². The number of fused-ring (bicyclic) bond motifs is 1. The number of hydrogen-bond donors (Lipinski definition) is 1. The largest absolute Gasteiger partial charge is 0.305 e. The minimum absolute atomic E-state index is 0.0719. The van der Waals surface area contributed by atoms with Crippen molar-refractivity contribution in [3.05, 3.63) is 47.4 Å². The summed E-state index contributed by atoms with van der Waals surface area (Å²) in [6.07, 6.45) is 2.52. The summed E-state index contributed by atoms with van der Waals surface area (Å²) in [6.45, 7) is 5.78. The number of Topliss-reactive ketones (excluding diaryl/α,β-unsaturated/α-hetero) is 1. The van der Waals surface area contributed by atoms with Crippen molar-refractivity contribution < 1.29 is 4.79 Å². The number of thioether (sulfide) groups is 1. The quantitative estimate of drug-likeness (QED) is 0.670. The van der Waals surface area contributed by atoms with Crippen LogP contribution in [0.3, 0.4) is 0 Å². The number of nitrogens with zero attached hydrogens (tertiary/aromatic N) is 1. The number of ketones is 1. The maximum atomic E-state index is 11.7. The first-order valence-corrected chi connectivity index (χ1v) is 6.58. The van der Waals surface area contributed by atoms with E-state index in [4.69, 9.17) is 5.84 Å². The molecule has 1 aromatic rings. The van der Waals surface area contributed by atoms with Gasteiger partial charge in [0.25, 0.3) is 0 Å². The van der Waals surface area contributed by atoms with E-state index in [0.29, 0.717) is 13.0 Å². The summed E-state index contributed by atoms with van der Waals surface area (Å²) in [4.78, 5) is 13.9. The lowest BCUT2D eigenvalue weighted by atomic mass is 10.1. The number of carbonyl (C=O) groups excluding carboxylic acids is 1. The summed E-state index contributed by atoms with van der Waals surface area (Å²) in [7, 11) is 0. The number of para-hydroxylation sites is 1. The Labute approximate surface area is 111 Å². The molecule has 2 rings (SSSR count). The highest BCUT2D eigenvalue weighted by Gasteiger charge is 2.21. The fraction of sp³-hybridized carbons (Fsp3) is 0.214. The monoisotopic (exact) mass is 260 g/mol. The average molecular weight is 260 g/mol. The number of hydrazine groups is 1. The highest BCUT2D eigenvalue weighted by atomic mass is 32.2. The molecule has 0 bridgehead atoms. The molecule has 3 nitrogen and oxygen atoms in total. The van der Waals surface area contributed by atoms with Gasteiger partial charge >= 0.3 is 0 Å². The maximum absolute atomic E-state index is 11.7. The van der Waals surface area contributed by atoms with Crippen LogP contribution in [-0.4, -0.2) is 12.3 Å². The normalized spacial score (nSPS) is 15.1. The molecule has 18 heavy (non-hydrogen) atoms. The Kier molecular flexibility index (Phi) is 3.89. The molecule has 0 amide bonds. The Bertz CT molecular complexity index is 522. The van der Waals surface area contributed by atoms with Crippen molar-refractivity contribution in [3.8, 4) is 0 Å². The van der Waals surface area contributed by atoms with Crippen LogP contribution >= 0.6 is 11.8 Å². The molecule has 0 unspecified atom stereocenters. The molecule has 1 aliphatic rings. The molecule has 0 radical (unpaired) electrons. The van der Waals surface area contributed by atoms with Gasteiger partial charge in [0.05, 0.1) is 12.2 Å². The van der Waals surface area contributed by atoms with E-state index in [-0.39, 0.29) is 5.78 Å². The lowest BCUT2D eigenvalue weighted by molar-refractivity contribution is -0.113. The molecule has 4 heteroatoms. The van der Waals surface area contributed by atoms with Crippen LogP contribution in [0.4, 0.5) is 5.69 Å². The van der Waals surface area contributed by atoms with Crippen molar-refractivity contribution in [1.29, 1.82) is 0 Å². The minimum atomic E-state index is 0.0719. The van der Waals surface area contributed by atoms with E-state index < -0.39 is 0 Å². The van der Waals surface area contributed by atoms with Gasteiger partial charge in [0, 0.05) is 15.4 Å². The fourth-order valence-corrected chi connectivity index (χ4v) is 3.16. The molecular formula is C14H16N2OS. The molecule has 1 heterocycles. The predicted octanol–water partition coefficient (Wildman–Crippen LogP) is 2.89. The number of benzene rings is 1. The first-order valence-electron chi connectivity index (χ1n) is 5.76. The number of anilines is 1. The second-order valence-electron chi connectivity index (χ2n) is 4.15. The van der Waals surface area contributed by atoms with Gasteiger partial charge in [-0.1, -0.05) is 30.0 Å². The molecule has 0 atom stereocenters. The number of carbonyl (C=O) groups is 1. The standard InChI is InChI=1S/C14H16N2OS/c1-3-6-13-11(10(2)17)9-16(15)12-7-4-5-8-14(12)18-13/h3-5,7-8H,1,6,9,15H2,2H3. The molecule has 94 valence electrons.